The van der Waals surface area contributed by atoms with Crippen molar-refractivity contribution in [2.24, 2.45) is 0 Å². The van der Waals surface area contributed by atoms with Crippen molar-refractivity contribution in [1.82, 2.24) is 0 Å². The molecule has 1 aromatic rings. The van der Waals surface area contributed by atoms with Crippen LogP contribution in [0.25, 0.3) is 0 Å². The van der Waals surface area contributed by atoms with E-state index >= 15 is 0 Å². The van der Waals surface area contributed by atoms with Gasteiger partial charge < -0.3 is 9.84 Å². The lowest BCUT2D eigenvalue weighted by molar-refractivity contribution is 0.397. The first kappa shape index (κ1) is 13.2. The first-order chi connectivity index (χ1) is 7.54. The zero-order valence-corrected chi connectivity index (χ0v) is 11.1. The quantitative estimate of drug-likeness (QED) is 0.864. The number of phenolic OH excluding ortho intramolecular Hbond substituents is 1. The van der Waals surface area contributed by atoms with Crippen LogP contribution in [-0.2, 0) is 6.42 Å². The van der Waals surface area contributed by atoms with Gasteiger partial charge in [0.1, 0.15) is 11.5 Å². The molecule has 0 spiro atoms. The van der Waals surface area contributed by atoms with Crippen LogP contribution in [0.1, 0.15) is 36.5 Å². The Morgan fingerprint density at radius 2 is 1.88 bits per heavy atom. The molecule has 0 atom stereocenters. The van der Waals surface area contributed by atoms with Gasteiger partial charge in [-0.3, -0.25) is 0 Å². The molecule has 0 bridgehead atoms. The Labute approximate surface area is 102 Å². The van der Waals surface area contributed by atoms with Gasteiger partial charge in [0, 0.05) is 5.56 Å². The number of benzene rings is 1. The van der Waals surface area contributed by atoms with Gasteiger partial charge in [-0.1, -0.05) is 24.9 Å². The SMILES string of the molecule is CCCCc1c(O)c(C)c(C)c(Cl)c1OC. The summed E-state index contributed by atoms with van der Waals surface area (Å²) in [5.74, 6) is 0.947. The van der Waals surface area contributed by atoms with Crippen LogP contribution >= 0.6 is 11.6 Å². The number of rotatable bonds is 4. The lowest BCUT2D eigenvalue weighted by Gasteiger charge is -2.16. The van der Waals surface area contributed by atoms with Crippen molar-refractivity contribution in [1.29, 1.82) is 0 Å². The summed E-state index contributed by atoms with van der Waals surface area (Å²) in [6.45, 7) is 5.89. The molecule has 0 aliphatic heterocycles. The molecule has 1 N–H and O–H groups in total. The number of unbranched alkanes of at least 4 members (excludes halogenated alkanes) is 1. The smallest absolute Gasteiger partial charge is 0.144 e. The fraction of sp³-hybridized carbons (Fsp3) is 0.538. The molecule has 0 aliphatic rings. The molecule has 0 heterocycles. The molecule has 3 heteroatoms. The van der Waals surface area contributed by atoms with Gasteiger partial charge >= 0.3 is 0 Å². The molecule has 0 amide bonds. The summed E-state index contributed by atoms with van der Waals surface area (Å²) in [6, 6.07) is 0. The highest BCUT2D eigenvalue weighted by Gasteiger charge is 2.18. The third-order valence-corrected chi connectivity index (χ3v) is 3.45. The van der Waals surface area contributed by atoms with Crippen LogP contribution < -0.4 is 4.74 Å². The maximum Gasteiger partial charge on any atom is 0.144 e. The Hall–Kier alpha value is -0.890. The Morgan fingerprint density at radius 1 is 1.25 bits per heavy atom. The number of phenols is 1. The second-order valence-electron chi connectivity index (χ2n) is 4.03. The number of methoxy groups -OCH3 is 1. The molecular formula is C13H19ClO2. The molecule has 0 fully saturated rings. The Bertz CT molecular complexity index is 386. The normalized spacial score (nSPS) is 10.6. The highest BCUT2D eigenvalue weighted by atomic mass is 35.5. The minimum absolute atomic E-state index is 0.326. The minimum Gasteiger partial charge on any atom is -0.507 e. The summed E-state index contributed by atoms with van der Waals surface area (Å²) in [5, 5.41) is 10.7. The average Bonchev–Trinajstić information content (AvgIpc) is 2.29. The highest BCUT2D eigenvalue weighted by molar-refractivity contribution is 6.33. The van der Waals surface area contributed by atoms with Crippen LogP contribution in [0.15, 0.2) is 0 Å². The Morgan fingerprint density at radius 3 is 2.38 bits per heavy atom. The van der Waals surface area contributed by atoms with Crippen LogP contribution in [0.4, 0.5) is 0 Å². The van der Waals surface area contributed by atoms with Crippen molar-refractivity contribution >= 4 is 11.6 Å². The summed E-state index contributed by atoms with van der Waals surface area (Å²) >= 11 is 6.22. The van der Waals surface area contributed by atoms with E-state index in [0.29, 0.717) is 16.5 Å². The van der Waals surface area contributed by atoms with Crippen molar-refractivity contribution in [2.75, 3.05) is 7.11 Å². The molecular weight excluding hydrogens is 224 g/mol. The molecule has 1 aromatic carbocycles. The molecule has 0 saturated carbocycles. The van der Waals surface area contributed by atoms with E-state index in [0.717, 1.165) is 36.0 Å². The molecule has 2 nitrogen and oxygen atoms in total. The average molecular weight is 243 g/mol. The van der Waals surface area contributed by atoms with Crippen molar-refractivity contribution in [3.8, 4) is 11.5 Å². The minimum atomic E-state index is 0.326. The topological polar surface area (TPSA) is 29.5 Å². The number of hydrogen-bond donors (Lipinski definition) is 1. The predicted molar refractivity (Wildman–Crippen MR) is 67.8 cm³/mol. The van der Waals surface area contributed by atoms with E-state index in [1.165, 1.54) is 0 Å². The first-order valence-electron chi connectivity index (χ1n) is 5.59. The van der Waals surface area contributed by atoms with Crippen molar-refractivity contribution < 1.29 is 9.84 Å². The second-order valence-corrected chi connectivity index (χ2v) is 4.41. The Balaban J connectivity index is 3.33. The van der Waals surface area contributed by atoms with Crippen molar-refractivity contribution in [3.05, 3.63) is 21.7 Å². The van der Waals surface area contributed by atoms with Gasteiger partial charge in [-0.25, -0.2) is 0 Å². The highest BCUT2D eigenvalue weighted by Crippen LogP contribution is 2.41. The molecule has 90 valence electrons. The van der Waals surface area contributed by atoms with Gasteiger partial charge in [-0.2, -0.15) is 0 Å². The monoisotopic (exact) mass is 242 g/mol. The number of hydrogen-bond acceptors (Lipinski definition) is 2. The summed E-state index contributed by atoms with van der Waals surface area (Å²) in [5.41, 5.74) is 2.56. The van der Waals surface area contributed by atoms with Crippen LogP contribution in [0.2, 0.25) is 5.02 Å². The van der Waals surface area contributed by atoms with E-state index < -0.39 is 0 Å². The van der Waals surface area contributed by atoms with Gasteiger partial charge in [0.15, 0.2) is 0 Å². The Kier molecular flexibility index (Phi) is 4.48. The zero-order chi connectivity index (χ0) is 12.3. The summed E-state index contributed by atoms with van der Waals surface area (Å²) < 4.78 is 5.30. The standard InChI is InChI=1S/C13H19ClO2/c1-5-6-7-10-12(15)9(3)8(2)11(14)13(10)16-4/h15H,5-7H2,1-4H3. The molecule has 16 heavy (non-hydrogen) atoms. The summed E-state index contributed by atoms with van der Waals surface area (Å²) in [6.07, 6.45) is 2.89. The van der Waals surface area contributed by atoms with Gasteiger partial charge in [-0.15, -0.1) is 0 Å². The van der Waals surface area contributed by atoms with Gasteiger partial charge in [0.25, 0.3) is 0 Å². The van der Waals surface area contributed by atoms with E-state index in [4.69, 9.17) is 16.3 Å². The largest absolute Gasteiger partial charge is 0.507 e. The van der Waals surface area contributed by atoms with Crippen LogP contribution in [0, 0.1) is 13.8 Å². The molecule has 0 aromatic heterocycles. The lowest BCUT2D eigenvalue weighted by atomic mass is 9.99. The van der Waals surface area contributed by atoms with Crippen molar-refractivity contribution in [2.45, 2.75) is 40.0 Å². The van der Waals surface area contributed by atoms with Crippen LogP contribution in [0.5, 0.6) is 11.5 Å². The maximum absolute atomic E-state index is 10.1. The number of aromatic hydroxyl groups is 1. The van der Waals surface area contributed by atoms with E-state index in [-0.39, 0.29) is 0 Å². The third kappa shape index (κ3) is 2.27. The summed E-state index contributed by atoms with van der Waals surface area (Å²) in [4.78, 5) is 0. The second kappa shape index (κ2) is 5.44. The fourth-order valence-corrected chi connectivity index (χ4v) is 2.11. The predicted octanol–water partition coefficient (Wildman–Crippen LogP) is 4.01. The van der Waals surface area contributed by atoms with Gasteiger partial charge in [-0.05, 0) is 37.8 Å². The maximum atomic E-state index is 10.1. The third-order valence-electron chi connectivity index (χ3n) is 2.99. The molecule has 0 radical (unpaired) electrons. The van der Waals surface area contributed by atoms with Gasteiger partial charge in [0.05, 0.1) is 12.1 Å². The zero-order valence-electron chi connectivity index (χ0n) is 10.4. The fourth-order valence-electron chi connectivity index (χ4n) is 1.78. The lowest BCUT2D eigenvalue weighted by Crippen LogP contribution is -1.98. The van der Waals surface area contributed by atoms with Crippen molar-refractivity contribution in [3.63, 3.8) is 0 Å². The van der Waals surface area contributed by atoms with E-state index in [1.807, 2.05) is 13.8 Å². The van der Waals surface area contributed by atoms with E-state index in [2.05, 4.69) is 6.92 Å². The molecule has 1 rings (SSSR count). The molecule has 0 unspecified atom stereocenters. The van der Waals surface area contributed by atoms with Crippen LogP contribution in [0.3, 0.4) is 0 Å². The summed E-state index contributed by atoms with van der Waals surface area (Å²) in [7, 11) is 1.59. The number of halogens is 1. The van der Waals surface area contributed by atoms with Crippen LogP contribution in [-0.4, -0.2) is 12.2 Å². The van der Waals surface area contributed by atoms with E-state index in [1.54, 1.807) is 7.11 Å². The number of ether oxygens (including phenoxy) is 1. The first-order valence-corrected chi connectivity index (χ1v) is 5.96. The molecule has 0 saturated heterocycles. The van der Waals surface area contributed by atoms with Gasteiger partial charge in [0.2, 0.25) is 0 Å². The van der Waals surface area contributed by atoms with E-state index in [9.17, 15) is 5.11 Å². The molecule has 0 aliphatic carbocycles.